The van der Waals surface area contributed by atoms with Crippen LogP contribution in [0.1, 0.15) is 5.69 Å². The third kappa shape index (κ3) is 0.975. The second kappa shape index (κ2) is 2.56. The summed E-state index contributed by atoms with van der Waals surface area (Å²) in [6, 6.07) is 0. The fourth-order valence-corrected chi connectivity index (χ4v) is 1.12. The lowest BCUT2D eigenvalue weighted by molar-refractivity contribution is 0.154. The zero-order valence-corrected chi connectivity index (χ0v) is 6.43. The van der Waals surface area contributed by atoms with Gasteiger partial charge in [-0.3, -0.25) is 4.79 Å². The van der Waals surface area contributed by atoms with E-state index in [0.717, 1.165) is 6.33 Å². The second-order valence-electron chi connectivity index (χ2n) is 2.42. The van der Waals surface area contributed by atoms with Crippen molar-refractivity contribution in [1.82, 2.24) is 19.9 Å². The topological polar surface area (TPSA) is 104 Å². The first-order chi connectivity index (χ1) is 6.24. The number of aromatic amines is 1. The number of hydrogen-bond acceptors (Lipinski definition) is 5. The van der Waals surface area contributed by atoms with Crippen LogP contribution >= 0.6 is 0 Å². The molecule has 0 aliphatic carbocycles. The summed E-state index contributed by atoms with van der Waals surface area (Å²) in [5, 5.41) is 21.5. The quantitative estimate of drug-likeness (QED) is 0.483. The van der Waals surface area contributed by atoms with Gasteiger partial charge in [0.2, 0.25) is 5.65 Å². The molecule has 2 heterocycles. The summed E-state index contributed by atoms with van der Waals surface area (Å²) in [4.78, 5) is 17.7. The highest BCUT2D eigenvalue weighted by Crippen LogP contribution is 2.09. The summed E-state index contributed by atoms with van der Waals surface area (Å²) in [7, 11) is 0. The molecule has 0 aromatic carbocycles. The summed E-state index contributed by atoms with van der Waals surface area (Å²) in [5.41, 5.74) is -0.297. The van der Waals surface area contributed by atoms with Gasteiger partial charge in [-0.25, -0.2) is 4.98 Å². The molecule has 0 spiro atoms. The SMILES string of the molecule is O=c1[nH]cnc2c1c(CO)nn2O. The maximum Gasteiger partial charge on any atom is 0.262 e. The van der Waals surface area contributed by atoms with Gasteiger partial charge < -0.3 is 15.3 Å². The summed E-state index contributed by atoms with van der Waals surface area (Å²) in [6.45, 7) is -0.418. The van der Waals surface area contributed by atoms with Gasteiger partial charge in [0.25, 0.3) is 5.56 Å². The van der Waals surface area contributed by atoms with Crippen molar-refractivity contribution in [1.29, 1.82) is 0 Å². The maximum atomic E-state index is 11.2. The normalized spacial score (nSPS) is 10.8. The van der Waals surface area contributed by atoms with Crippen LogP contribution in [0.25, 0.3) is 11.0 Å². The minimum absolute atomic E-state index is 0.0350. The lowest BCUT2D eigenvalue weighted by Gasteiger charge is -1.88. The maximum absolute atomic E-state index is 11.2. The molecule has 2 rings (SSSR count). The molecule has 3 N–H and O–H groups in total. The minimum Gasteiger partial charge on any atom is -0.410 e. The Bertz CT molecular complexity index is 500. The van der Waals surface area contributed by atoms with E-state index in [1.54, 1.807) is 0 Å². The molecule has 0 saturated carbocycles. The monoisotopic (exact) mass is 182 g/mol. The number of hydrogen-bond donors (Lipinski definition) is 3. The first-order valence-electron chi connectivity index (χ1n) is 3.49. The fourth-order valence-electron chi connectivity index (χ4n) is 1.12. The first kappa shape index (κ1) is 7.74. The van der Waals surface area contributed by atoms with E-state index in [4.69, 9.17) is 10.3 Å². The molecular formula is C6H6N4O3. The van der Waals surface area contributed by atoms with E-state index in [0.29, 0.717) is 4.85 Å². The smallest absolute Gasteiger partial charge is 0.262 e. The van der Waals surface area contributed by atoms with Gasteiger partial charge in [-0.15, -0.1) is 5.10 Å². The van der Waals surface area contributed by atoms with Crippen LogP contribution in [0, 0.1) is 0 Å². The number of nitrogens with one attached hydrogen (secondary N) is 1. The van der Waals surface area contributed by atoms with Crippen LogP contribution in [0.5, 0.6) is 0 Å². The van der Waals surface area contributed by atoms with Crippen LogP contribution < -0.4 is 5.56 Å². The Morgan fingerprint density at radius 1 is 1.62 bits per heavy atom. The molecular weight excluding hydrogens is 176 g/mol. The van der Waals surface area contributed by atoms with Gasteiger partial charge >= 0.3 is 0 Å². The molecule has 2 aromatic heterocycles. The zero-order valence-electron chi connectivity index (χ0n) is 6.43. The molecule has 0 fully saturated rings. The average Bonchev–Trinajstić information content (AvgIpc) is 2.45. The molecule has 0 saturated heterocycles. The van der Waals surface area contributed by atoms with Crippen molar-refractivity contribution in [3.05, 3.63) is 22.4 Å². The van der Waals surface area contributed by atoms with Gasteiger partial charge in [0, 0.05) is 0 Å². The van der Waals surface area contributed by atoms with Crippen molar-refractivity contribution in [3.8, 4) is 0 Å². The Balaban J connectivity index is 2.97. The standard InChI is InChI=1S/C6H6N4O3/c11-1-3-4-5(10(13)9-3)7-2-8-6(4)12/h2,11,13H,1H2,(H,7,8,12). The van der Waals surface area contributed by atoms with E-state index in [1.807, 2.05) is 0 Å². The summed E-state index contributed by atoms with van der Waals surface area (Å²) < 4.78 is 0. The predicted octanol–water partition coefficient (Wildman–Crippen LogP) is -1.15. The third-order valence-electron chi connectivity index (χ3n) is 1.68. The number of aliphatic hydroxyl groups is 1. The van der Waals surface area contributed by atoms with Crippen molar-refractivity contribution in [2.24, 2.45) is 0 Å². The number of H-pyrrole nitrogens is 1. The Labute approximate surface area is 71.2 Å². The van der Waals surface area contributed by atoms with E-state index in [2.05, 4.69) is 15.1 Å². The lowest BCUT2D eigenvalue weighted by atomic mass is 10.3. The number of fused-ring (bicyclic) bond motifs is 1. The van der Waals surface area contributed by atoms with Crippen molar-refractivity contribution in [2.45, 2.75) is 6.61 Å². The highest BCUT2D eigenvalue weighted by Gasteiger charge is 2.13. The van der Waals surface area contributed by atoms with Gasteiger partial charge in [0.1, 0.15) is 11.1 Å². The number of aromatic nitrogens is 4. The molecule has 0 atom stereocenters. The molecule has 2 aromatic rings. The summed E-state index contributed by atoms with van der Waals surface area (Å²) in [6.07, 6.45) is 1.15. The molecule has 7 heteroatoms. The molecule has 0 radical (unpaired) electrons. The van der Waals surface area contributed by atoms with Crippen LogP contribution in [0.2, 0.25) is 0 Å². The summed E-state index contributed by atoms with van der Waals surface area (Å²) >= 11 is 0. The Morgan fingerprint density at radius 3 is 3.08 bits per heavy atom. The van der Waals surface area contributed by atoms with Crippen LogP contribution in [-0.2, 0) is 6.61 Å². The highest BCUT2D eigenvalue weighted by atomic mass is 16.5. The number of nitrogens with zero attached hydrogens (tertiary/aromatic N) is 3. The molecule has 7 nitrogen and oxygen atoms in total. The number of rotatable bonds is 1. The fraction of sp³-hybridized carbons (Fsp3) is 0.167. The Kier molecular flexibility index (Phi) is 1.52. The Morgan fingerprint density at radius 2 is 2.38 bits per heavy atom. The molecule has 0 amide bonds. The van der Waals surface area contributed by atoms with E-state index < -0.39 is 12.2 Å². The van der Waals surface area contributed by atoms with Crippen molar-refractivity contribution in [3.63, 3.8) is 0 Å². The van der Waals surface area contributed by atoms with E-state index >= 15 is 0 Å². The van der Waals surface area contributed by atoms with Gasteiger partial charge in [-0.05, 0) is 0 Å². The largest absolute Gasteiger partial charge is 0.410 e. The van der Waals surface area contributed by atoms with Crippen molar-refractivity contribution >= 4 is 11.0 Å². The van der Waals surface area contributed by atoms with Gasteiger partial charge in [0.15, 0.2) is 0 Å². The van der Waals surface area contributed by atoms with Crippen LogP contribution in [0.3, 0.4) is 0 Å². The Hall–Kier alpha value is -1.89. The first-order valence-corrected chi connectivity index (χ1v) is 3.49. The number of aliphatic hydroxyl groups excluding tert-OH is 1. The molecule has 13 heavy (non-hydrogen) atoms. The predicted molar refractivity (Wildman–Crippen MR) is 41.3 cm³/mol. The molecule has 0 aliphatic rings. The van der Waals surface area contributed by atoms with E-state index in [1.165, 1.54) is 0 Å². The van der Waals surface area contributed by atoms with E-state index in [9.17, 15) is 4.79 Å². The van der Waals surface area contributed by atoms with Gasteiger partial charge in [-0.2, -0.15) is 0 Å². The summed E-state index contributed by atoms with van der Waals surface area (Å²) in [5.74, 6) is 0. The van der Waals surface area contributed by atoms with Crippen LogP contribution in [0.4, 0.5) is 0 Å². The van der Waals surface area contributed by atoms with Crippen molar-refractivity contribution < 1.29 is 10.3 Å². The molecule has 0 unspecified atom stereocenters. The molecule has 68 valence electrons. The zero-order chi connectivity index (χ0) is 9.42. The van der Waals surface area contributed by atoms with Crippen molar-refractivity contribution in [2.75, 3.05) is 0 Å². The van der Waals surface area contributed by atoms with Crippen LogP contribution in [0.15, 0.2) is 11.1 Å². The van der Waals surface area contributed by atoms with Gasteiger partial charge in [0.05, 0.1) is 12.9 Å². The minimum atomic E-state index is -0.436. The molecule has 0 aliphatic heterocycles. The lowest BCUT2D eigenvalue weighted by Crippen LogP contribution is -2.07. The van der Waals surface area contributed by atoms with Crippen LogP contribution in [-0.4, -0.2) is 30.2 Å². The van der Waals surface area contributed by atoms with E-state index in [-0.39, 0.29) is 16.7 Å². The second-order valence-corrected chi connectivity index (χ2v) is 2.42. The van der Waals surface area contributed by atoms with Gasteiger partial charge in [-0.1, -0.05) is 4.85 Å². The average molecular weight is 182 g/mol. The third-order valence-corrected chi connectivity index (χ3v) is 1.68. The molecule has 0 bridgehead atoms. The highest BCUT2D eigenvalue weighted by molar-refractivity contribution is 5.76.